The second kappa shape index (κ2) is 3.70. The molecule has 0 radical (unpaired) electrons. The van der Waals surface area contributed by atoms with Crippen LogP contribution in [-0.4, -0.2) is 22.8 Å². The van der Waals surface area contributed by atoms with Crippen molar-refractivity contribution in [2.45, 2.75) is 44.8 Å². The summed E-state index contributed by atoms with van der Waals surface area (Å²) in [6.07, 6.45) is 4.60. The van der Waals surface area contributed by atoms with Gasteiger partial charge in [-0.1, -0.05) is 18.2 Å². The molecule has 1 saturated carbocycles. The molecule has 18 heavy (non-hydrogen) atoms. The summed E-state index contributed by atoms with van der Waals surface area (Å²) in [5, 5.41) is 10.6. The van der Waals surface area contributed by atoms with Gasteiger partial charge in [-0.05, 0) is 38.5 Å². The Bertz CT molecular complexity index is 447. The first kappa shape index (κ1) is 12.0. The number of hydrogen-bond donors (Lipinski definition) is 1. The second-order valence-electron chi connectivity index (χ2n) is 6.29. The number of carbonyl (C=O) groups excluding carboxylic acids is 1. The molecule has 2 aliphatic carbocycles. The third kappa shape index (κ3) is 1.57. The van der Waals surface area contributed by atoms with E-state index in [-0.39, 0.29) is 29.8 Å². The number of carbonyl (C=O) groups is 1. The first-order valence-electron chi connectivity index (χ1n) is 6.69. The van der Waals surface area contributed by atoms with Gasteiger partial charge in [0.25, 0.3) is 0 Å². The lowest BCUT2D eigenvalue weighted by Gasteiger charge is -2.48. The normalized spacial score (nSPS) is 47.2. The van der Waals surface area contributed by atoms with Crippen LogP contribution >= 0.6 is 0 Å². The van der Waals surface area contributed by atoms with E-state index >= 15 is 0 Å². The molecule has 3 rings (SSSR count). The Morgan fingerprint density at radius 2 is 2.28 bits per heavy atom. The molecule has 0 bridgehead atoms. The zero-order valence-corrected chi connectivity index (χ0v) is 11.0. The molecule has 2 fully saturated rings. The molecule has 0 aromatic rings. The number of fused-ring (bicyclic) bond motifs is 3. The fourth-order valence-electron chi connectivity index (χ4n) is 4.04. The highest BCUT2D eigenvalue weighted by molar-refractivity contribution is 5.91. The molecular formula is C15H20O3. The predicted octanol–water partition coefficient (Wildman–Crippen LogP) is 2.21. The van der Waals surface area contributed by atoms with Crippen LogP contribution in [0.5, 0.6) is 0 Å². The first-order valence-corrected chi connectivity index (χ1v) is 6.69. The van der Waals surface area contributed by atoms with E-state index in [2.05, 4.69) is 19.6 Å². The fourth-order valence-corrected chi connectivity index (χ4v) is 4.04. The molecular weight excluding hydrogens is 228 g/mol. The van der Waals surface area contributed by atoms with E-state index in [1.807, 2.05) is 6.92 Å². The SMILES string of the molecule is C=C1C(=O)OC2CC(C)(O)C3CCC(C)=CC3C12. The van der Waals surface area contributed by atoms with E-state index in [1.165, 1.54) is 5.57 Å². The van der Waals surface area contributed by atoms with Crippen LogP contribution in [-0.2, 0) is 9.53 Å². The van der Waals surface area contributed by atoms with Gasteiger partial charge in [-0.25, -0.2) is 4.79 Å². The number of esters is 1. The Kier molecular flexibility index (Phi) is 2.46. The standard InChI is InChI=1S/C15H20O3/c1-8-4-5-11-10(6-8)13-9(2)14(16)18-12(13)7-15(11,3)17/h6,10-13,17H,2,4-5,7H2,1,3H3. The topological polar surface area (TPSA) is 46.5 Å². The summed E-state index contributed by atoms with van der Waals surface area (Å²) in [7, 11) is 0. The minimum absolute atomic E-state index is 0.0676. The quantitative estimate of drug-likeness (QED) is 0.406. The molecule has 0 aromatic heterocycles. The van der Waals surface area contributed by atoms with E-state index in [4.69, 9.17) is 4.74 Å². The van der Waals surface area contributed by atoms with Gasteiger partial charge in [0, 0.05) is 17.9 Å². The largest absolute Gasteiger partial charge is 0.458 e. The van der Waals surface area contributed by atoms with Crippen LogP contribution in [0.15, 0.2) is 23.8 Å². The summed E-state index contributed by atoms with van der Waals surface area (Å²) in [6, 6.07) is 0. The highest BCUT2D eigenvalue weighted by atomic mass is 16.6. The third-order valence-electron chi connectivity index (χ3n) is 4.94. The van der Waals surface area contributed by atoms with Crippen LogP contribution in [0.3, 0.4) is 0 Å². The predicted molar refractivity (Wildman–Crippen MR) is 67.7 cm³/mol. The molecule has 1 saturated heterocycles. The summed E-state index contributed by atoms with van der Waals surface area (Å²) in [6.45, 7) is 7.90. The van der Waals surface area contributed by atoms with E-state index in [0.29, 0.717) is 12.0 Å². The molecule has 5 unspecified atom stereocenters. The van der Waals surface area contributed by atoms with Crippen LogP contribution in [0, 0.1) is 17.8 Å². The van der Waals surface area contributed by atoms with E-state index < -0.39 is 5.60 Å². The molecule has 5 atom stereocenters. The Morgan fingerprint density at radius 3 is 3.00 bits per heavy atom. The molecule has 1 heterocycles. The van der Waals surface area contributed by atoms with Crippen molar-refractivity contribution in [1.82, 2.24) is 0 Å². The maximum absolute atomic E-state index is 11.7. The molecule has 0 aromatic carbocycles. The summed E-state index contributed by atoms with van der Waals surface area (Å²) in [5.41, 5.74) is 1.20. The molecule has 1 N–H and O–H groups in total. The van der Waals surface area contributed by atoms with Gasteiger partial charge in [-0.3, -0.25) is 0 Å². The average molecular weight is 248 g/mol. The zero-order valence-electron chi connectivity index (χ0n) is 11.0. The van der Waals surface area contributed by atoms with Crippen LogP contribution in [0.4, 0.5) is 0 Å². The summed E-state index contributed by atoms with van der Waals surface area (Å²) >= 11 is 0. The average Bonchev–Trinajstić information content (AvgIpc) is 2.53. The van der Waals surface area contributed by atoms with Crippen molar-refractivity contribution in [2.75, 3.05) is 0 Å². The molecule has 1 aliphatic heterocycles. The van der Waals surface area contributed by atoms with Gasteiger partial charge in [0.15, 0.2) is 0 Å². The molecule has 0 spiro atoms. The van der Waals surface area contributed by atoms with Gasteiger partial charge in [-0.15, -0.1) is 0 Å². The molecule has 98 valence electrons. The van der Waals surface area contributed by atoms with Crippen molar-refractivity contribution < 1.29 is 14.6 Å². The van der Waals surface area contributed by atoms with E-state index in [1.54, 1.807) is 0 Å². The fraction of sp³-hybridized carbons (Fsp3) is 0.667. The van der Waals surface area contributed by atoms with Gasteiger partial charge >= 0.3 is 5.97 Å². The lowest BCUT2D eigenvalue weighted by Crippen LogP contribution is -2.51. The minimum Gasteiger partial charge on any atom is -0.458 e. The minimum atomic E-state index is -0.742. The molecule has 3 aliphatic rings. The monoisotopic (exact) mass is 248 g/mol. The lowest BCUT2D eigenvalue weighted by atomic mass is 9.59. The Morgan fingerprint density at radius 1 is 1.56 bits per heavy atom. The van der Waals surface area contributed by atoms with Crippen LogP contribution < -0.4 is 0 Å². The lowest BCUT2D eigenvalue weighted by molar-refractivity contribution is -0.149. The van der Waals surface area contributed by atoms with Crippen molar-refractivity contribution >= 4 is 5.97 Å². The number of aliphatic hydroxyl groups is 1. The third-order valence-corrected chi connectivity index (χ3v) is 4.94. The Balaban J connectivity index is 2.03. The first-order chi connectivity index (χ1) is 8.40. The van der Waals surface area contributed by atoms with Gasteiger partial charge in [0.2, 0.25) is 0 Å². The number of rotatable bonds is 0. The van der Waals surface area contributed by atoms with Gasteiger partial charge in [0.1, 0.15) is 6.10 Å². The van der Waals surface area contributed by atoms with Crippen LogP contribution in [0.1, 0.15) is 33.1 Å². The van der Waals surface area contributed by atoms with Crippen molar-refractivity contribution in [2.24, 2.45) is 17.8 Å². The van der Waals surface area contributed by atoms with Gasteiger partial charge < -0.3 is 9.84 Å². The zero-order chi connectivity index (χ0) is 13.1. The number of ether oxygens (including phenoxy) is 1. The van der Waals surface area contributed by atoms with Crippen molar-refractivity contribution in [3.63, 3.8) is 0 Å². The molecule has 0 amide bonds. The number of allylic oxidation sites excluding steroid dienone is 2. The van der Waals surface area contributed by atoms with Gasteiger partial charge in [-0.2, -0.15) is 0 Å². The van der Waals surface area contributed by atoms with Crippen LogP contribution in [0.2, 0.25) is 0 Å². The Labute approximate surface area is 108 Å². The number of hydrogen-bond acceptors (Lipinski definition) is 3. The van der Waals surface area contributed by atoms with E-state index in [9.17, 15) is 9.90 Å². The molecule has 3 heteroatoms. The second-order valence-corrected chi connectivity index (χ2v) is 6.29. The summed E-state index contributed by atoms with van der Waals surface area (Å²) < 4.78 is 5.37. The highest BCUT2D eigenvalue weighted by Gasteiger charge is 2.55. The van der Waals surface area contributed by atoms with E-state index in [0.717, 1.165) is 12.8 Å². The van der Waals surface area contributed by atoms with Crippen LogP contribution in [0.25, 0.3) is 0 Å². The van der Waals surface area contributed by atoms with Crippen molar-refractivity contribution in [1.29, 1.82) is 0 Å². The highest BCUT2D eigenvalue weighted by Crippen LogP contribution is 2.52. The smallest absolute Gasteiger partial charge is 0.334 e. The van der Waals surface area contributed by atoms with Crippen molar-refractivity contribution in [3.05, 3.63) is 23.8 Å². The molecule has 3 nitrogen and oxygen atoms in total. The summed E-state index contributed by atoms with van der Waals surface area (Å²) in [4.78, 5) is 11.7. The maximum atomic E-state index is 11.7. The summed E-state index contributed by atoms with van der Waals surface area (Å²) in [5.74, 6) is 0.205. The van der Waals surface area contributed by atoms with Crippen molar-refractivity contribution in [3.8, 4) is 0 Å². The van der Waals surface area contributed by atoms with Gasteiger partial charge in [0.05, 0.1) is 5.60 Å². The Hall–Kier alpha value is -1.09. The maximum Gasteiger partial charge on any atom is 0.334 e.